The fraction of sp³-hybridized carbons (Fsp3) is 0.143. The van der Waals surface area contributed by atoms with Gasteiger partial charge in [-0.2, -0.15) is 0 Å². The highest BCUT2D eigenvalue weighted by atomic mass is 16.5. The first-order valence-corrected chi connectivity index (χ1v) is 5.42. The number of hydrogen-bond acceptors (Lipinski definition) is 3. The number of carbonyl (C=O) groups excluding carboxylic acids is 2. The summed E-state index contributed by atoms with van der Waals surface area (Å²) in [5, 5.41) is 1.97. The predicted molar refractivity (Wildman–Crippen MR) is 64.9 cm³/mol. The van der Waals surface area contributed by atoms with Crippen LogP contribution in [0.3, 0.4) is 0 Å². The first-order valence-electron chi connectivity index (χ1n) is 5.42. The molecule has 0 unspecified atom stereocenters. The van der Waals surface area contributed by atoms with Crippen molar-refractivity contribution in [3.8, 4) is 0 Å². The topological polar surface area (TPSA) is 43.4 Å². The molecular formula is C14H12O3. The monoisotopic (exact) mass is 228 g/mol. The maximum Gasteiger partial charge on any atom is 0.379 e. The summed E-state index contributed by atoms with van der Waals surface area (Å²) in [7, 11) is 0. The molecule has 3 nitrogen and oxygen atoms in total. The van der Waals surface area contributed by atoms with Gasteiger partial charge in [0.1, 0.15) is 0 Å². The smallest absolute Gasteiger partial charge is 0.379 e. The van der Waals surface area contributed by atoms with Crippen LogP contribution in [0, 0.1) is 0 Å². The zero-order valence-electron chi connectivity index (χ0n) is 9.47. The zero-order chi connectivity index (χ0) is 12.3. The first-order chi connectivity index (χ1) is 8.22. The molecule has 0 radical (unpaired) electrons. The van der Waals surface area contributed by atoms with Gasteiger partial charge < -0.3 is 4.74 Å². The van der Waals surface area contributed by atoms with Gasteiger partial charge in [0.2, 0.25) is 0 Å². The van der Waals surface area contributed by atoms with Crippen LogP contribution >= 0.6 is 0 Å². The van der Waals surface area contributed by atoms with Crippen molar-refractivity contribution in [2.24, 2.45) is 0 Å². The molecule has 0 bridgehead atoms. The van der Waals surface area contributed by atoms with Crippen molar-refractivity contribution in [1.29, 1.82) is 0 Å². The lowest BCUT2D eigenvalue weighted by atomic mass is 10.0. The van der Waals surface area contributed by atoms with Crippen molar-refractivity contribution in [3.63, 3.8) is 0 Å². The largest absolute Gasteiger partial charge is 0.460 e. The van der Waals surface area contributed by atoms with Crippen molar-refractivity contribution >= 4 is 22.5 Å². The molecule has 0 aliphatic carbocycles. The summed E-state index contributed by atoms with van der Waals surface area (Å²) >= 11 is 0. The Balaban J connectivity index is 2.36. The van der Waals surface area contributed by atoms with Gasteiger partial charge in [-0.1, -0.05) is 36.4 Å². The van der Waals surface area contributed by atoms with Crippen LogP contribution < -0.4 is 0 Å². The normalized spacial score (nSPS) is 10.2. The second-order valence-electron chi connectivity index (χ2n) is 3.61. The molecule has 0 saturated heterocycles. The number of ether oxygens (including phenoxy) is 1. The minimum Gasteiger partial charge on any atom is -0.460 e. The van der Waals surface area contributed by atoms with Gasteiger partial charge in [-0.25, -0.2) is 4.79 Å². The van der Waals surface area contributed by atoms with Crippen molar-refractivity contribution in [1.82, 2.24) is 0 Å². The fourth-order valence-electron chi connectivity index (χ4n) is 1.65. The molecule has 0 heterocycles. The van der Waals surface area contributed by atoms with Gasteiger partial charge in [-0.15, -0.1) is 0 Å². The Kier molecular flexibility index (Phi) is 3.19. The van der Waals surface area contributed by atoms with Gasteiger partial charge in [0.15, 0.2) is 0 Å². The second kappa shape index (κ2) is 4.78. The van der Waals surface area contributed by atoms with Crippen LogP contribution in [0.2, 0.25) is 0 Å². The molecular weight excluding hydrogens is 216 g/mol. The van der Waals surface area contributed by atoms with Gasteiger partial charge in [0.05, 0.1) is 6.61 Å². The van der Waals surface area contributed by atoms with E-state index >= 15 is 0 Å². The van der Waals surface area contributed by atoms with E-state index in [-0.39, 0.29) is 6.61 Å². The molecule has 0 aromatic heterocycles. The zero-order valence-corrected chi connectivity index (χ0v) is 9.47. The average molecular weight is 228 g/mol. The summed E-state index contributed by atoms with van der Waals surface area (Å²) in [5.41, 5.74) is 0.363. The molecule has 0 N–H and O–H groups in total. The maximum absolute atomic E-state index is 11.7. The van der Waals surface area contributed by atoms with E-state index in [2.05, 4.69) is 4.74 Å². The van der Waals surface area contributed by atoms with Crippen LogP contribution in [0.1, 0.15) is 17.3 Å². The molecule has 0 spiro atoms. The Labute approximate surface area is 99.0 Å². The lowest BCUT2D eigenvalue weighted by molar-refractivity contribution is -0.137. The SMILES string of the molecule is CCOC(=O)C(=O)c1ccc2ccccc2c1. The molecule has 0 amide bonds. The fourth-order valence-corrected chi connectivity index (χ4v) is 1.65. The third-order valence-corrected chi connectivity index (χ3v) is 2.47. The third-order valence-electron chi connectivity index (χ3n) is 2.47. The predicted octanol–water partition coefficient (Wildman–Crippen LogP) is 2.59. The van der Waals surface area contributed by atoms with E-state index in [0.717, 1.165) is 10.8 Å². The van der Waals surface area contributed by atoms with Crippen LogP contribution in [-0.2, 0) is 9.53 Å². The number of ketones is 1. The van der Waals surface area contributed by atoms with Gasteiger partial charge in [0, 0.05) is 5.56 Å². The minimum atomic E-state index is -0.803. The number of rotatable bonds is 3. The molecule has 17 heavy (non-hydrogen) atoms. The molecule has 3 heteroatoms. The van der Waals surface area contributed by atoms with Crippen LogP contribution in [0.4, 0.5) is 0 Å². The number of fused-ring (bicyclic) bond motifs is 1. The molecule has 0 saturated carbocycles. The summed E-state index contributed by atoms with van der Waals surface area (Å²) in [6.45, 7) is 1.88. The quantitative estimate of drug-likeness (QED) is 0.460. The van der Waals surface area contributed by atoms with Crippen molar-refractivity contribution in [2.75, 3.05) is 6.61 Å². The Morgan fingerprint density at radius 2 is 1.76 bits per heavy atom. The van der Waals surface area contributed by atoms with Gasteiger partial charge in [-0.3, -0.25) is 4.79 Å². The number of hydrogen-bond donors (Lipinski definition) is 0. The average Bonchev–Trinajstić information content (AvgIpc) is 2.37. The number of benzene rings is 2. The Bertz CT molecular complexity index is 572. The van der Waals surface area contributed by atoms with E-state index in [4.69, 9.17) is 0 Å². The highest BCUT2D eigenvalue weighted by molar-refractivity contribution is 6.40. The van der Waals surface area contributed by atoms with E-state index in [1.165, 1.54) is 0 Å². The first kappa shape index (κ1) is 11.3. The summed E-state index contributed by atoms with van der Waals surface area (Å²) < 4.78 is 4.68. The van der Waals surface area contributed by atoms with E-state index in [0.29, 0.717) is 5.56 Å². The summed E-state index contributed by atoms with van der Waals surface area (Å²) in [4.78, 5) is 23.0. The number of carbonyl (C=O) groups is 2. The summed E-state index contributed by atoms with van der Waals surface area (Å²) in [6, 6.07) is 12.8. The highest BCUT2D eigenvalue weighted by Crippen LogP contribution is 2.16. The lowest BCUT2D eigenvalue weighted by Crippen LogP contribution is -2.17. The number of esters is 1. The molecule has 86 valence electrons. The number of Topliss-reactive ketones (excluding diaryl/α,β-unsaturated/α-hetero) is 1. The third kappa shape index (κ3) is 2.33. The molecule has 2 aromatic rings. The molecule has 0 aliphatic rings. The Hall–Kier alpha value is -2.16. The van der Waals surface area contributed by atoms with Gasteiger partial charge in [-0.05, 0) is 23.8 Å². The van der Waals surface area contributed by atoms with Crippen LogP contribution in [0.25, 0.3) is 10.8 Å². The molecule has 0 aliphatic heterocycles. The second-order valence-corrected chi connectivity index (χ2v) is 3.61. The van der Waals surface area contributed by atoms with Crippen LogP contribution in [0.5, 0.6) is 0 Å². The Morgan fingerprint density at radius 1 is 1.06 bits per heavy atom. The van der Waals surface area contributed by atoms with Gasteiger partial charge >= 0.3 is 5.97 Å². The molecule has 2 aromatic carbocycles. The van der Waals surface area contributed by atoms with Gasteiger partial charge in [0.25, 0.3) is 5.78 Å². The molecule has 0 atom stereocenters. The van der Waals surface area contributed by atoms with E-state index in [1.807, 2.05) is 30.3 Å². The lowest BCUT2D eigenvalue weighted by Gasteiger charge is -2.02. The van der Waals surface area contributed by atoms with Crippen LogP contribution in [-0.4, -0.2) is 18.4 Å². The molecule has 2 rings (SSSR count). The van der Waals surface area contributed by atoms with E-state index < -0.39 is 11.8 Å². The Morgan fingerprint density at radius 3 is 2.47 bits per heavy atom. The van der Waals surface area contributed by atoms with Crippen molar-refractivity contribution in [2.45, 2.75) is 6.92 Å². The standard InChI is InChI=1S/C14H12O3/c1-2-17-14(16)13(15)12-8-7-10-5-3-4-6-11(10)9-12/h3-9H,2H2,1H3. The van der Waals surface area contributed by atoms with E-state index in [1.54, 1.807) is 19.1 Å². The maximum atomic E-state index is 11.7. The minimum absolute atomic E-state index is 0.207. The summed E-state index contributed by atoms with van der Waals surface area (Å²) in [5.74, 6) is -1.40. The van der Waals surface area contributed by atoms with Crippen molar-refractivity contribution in [3.05, 3.63) is 48.0 Å². The molecule has 0 fully saturated rings. The highest BCUT2D eigenvalue weighted by Gasteiger charge is 2.17. The van der Waals surface area contributed by atoms with Crippen LogP contribution in [0.15, 0.2) is 42.5 Å². The van der Waals surface area contributed by atoms with Crippen molar-refractivity contribution < 1.29 is 14.3 Å². The summed E-state index contributed by atoms with van der Waals surface area (Å²) in [6.07, 6.45) is 0. The van der Waals surface area contributed by atoms with E-state index in [9.17, 15) is 9.59 Å².